The lowest BCUT2D eigenvalue weighted by Gasteiger charge is -1.92. The summed E-state index contributed by atoms with van der Waals surface area (Å²) in [4.78, 5) is 10.5. The zero-order chi connectivity index (χ0) is 9.23. The van der Waals surface area contributed by atoms with Gasteiger partial charge in [-0.3, -0.25) is 0 Å². The van der Waals surface area contributed by atoms with Crippen LogP contribution in [-0.4, -0.2) is 24.3 Å². The fourth-order valence-electron chi connectivity index (χ4n) is 0.324. The molecule has 0 aromatic rings. The number of aliphatic hydroxyl groups excluding tert-OH is 1. The molecule has 0 atom stereocenters. The van der Waals surface area contributed by atoms with Crippen LogP contribution in [0.2, 0.25) is 0 Å². The van der Waals surface area contributed by atoms with E-state index in [1.165, 1.54) is 0 Å². The van der Waals surface area contributed by atoms with E-state index >= 15 is 0 Å². The van der Waals surface area contributed by atoms with Crippen molar-refractivity contribution < 1.29 is 14.6 Å². The quantitative estimate of drug-likeness (QED) is 0.327. The Bertz CT molecular complexity index is 301. The number of hydrogen-bond donors (Lipinski definition) is 1. The number of carbonyl (C=O) groups excluding carboxylic acids is 1. The number of aliphatic hydroxyl groups is 1. The number of ether oxygens (including phenoxy) is 1. The molecular formula is C9H6O3. The van der Waals surface area contributed by atoms with Crippen molar-refractivity contribution in [3.05, 3.63) is 0 Å². The Labute approximate surface area is 70.7 Å². The van der Waals surface area contributed by atoms with Crippen LogP contribution in [0.5, 0.6) is 0 Å². The molecule has 0 fully saturated rings. The predicted molar refractivity (Wildman–Crippen MR) is 42.4 cm³/mol. The standard InChI is InChI=1S/C9H6O3/c1-2-3-4-5-6-9(11)12-8-7-10/h1,10H,7-8H2. The second-order valence-electron chi connectivity index (χ2n) is 1.50. The maximum atomic E-state index is 10.5. The summed E-state index contributed by atoms with van der Waals surface area (Å²) in [7, 11) is 0. The molecule has 0 spiro atoms. The van der Waals surface area contributed by atoms with Gasteiger partial charge < -0.3 is 9.84 Å². The molecule has 60 valence electrons. The van der Waals surface area contributed by atoms with E-state index in [-0.39, 0.29) is 13.2 Å². The second kappa shape index (κ2) is 7.22. The SMILES string of the molecule is C#CC#CC#CC(=O)OCCO. The van der Waals surface area contributed by atoms with Crippen molar-refractivity contribution in [2.75, 3.05) is 13.2 Å². The summed E-state index contributed by atoms with van der Waals surface area (Å²) in [5, 5.41) is 8.24. The fourth-order valence-corrected chi connectivity index (χ4v) is 0.324. The average Bonchev–Trinajstić information content (AvgIpc) is 2.09. The summed E-state index contributed by atoms with van der Waals surface area (Å²) in [5.74, 6) is 9.99. The molecular weight excluding hydrogens is 156 g/mol. The van der Waals surface area contributed by atoms with Crippen molar-refractivity contribution in [2.45, 2.75) is 0 Å². The van der Waals surface area contributed by atoms with E-state index in [0.717, 1.165) is 0 Å². The minimum atomic E-state index is -0.727. The summed E-state index contributed by atoms with van der Waals surface area (Å²) >= 11 is 0. The number of rotatable bonds is 2. The molecule has 0 heterocycles. The molecule has 0 amide bonds. The van der Waals surface area contributed by atoms with Crippen LogP contribution in [-0.2, 0) is 9.53 Å². The molecule has 1 N–H and O–H groups in total. The third-order valence-electron chi connectivity index (χ3n) is 0.686. The molecule has 0 aromatic heterocycles. The van der Waals surface area contributed by atoms with Gasteiger partial charge in [0.15, 0.2) is 0 Å². The first-order valence-corrected chi connectivity index (χ1v) is 3.05. The van der Waals surface area contributed by atoms with Crippen LogP contribution in [0.1, 0.15) is 0 Å². The van der Waals surface area contributed by atoms with E-state index in [4.69, 9.17) is 11.5 Å². The molecule has 12 heavy (non-hydrogen) atoms. The highest BCUT2D eigenvalue weighted by atomic mass is 16.5. The normalized spacial score (nSPS) is 6.33. The lowest BCUT2D eigenvalue weighted by molar-refractivity contribution is -0.137. The van der Waals surface area contributed by atoms with E-state index < -0.39 is 5.97 Å². The van der Waals surface area contributed by atoms with Gasteiger partial charge in [-0.05, 0) is 23.7 Å². The third-order valence-corrected chi connectivity index (χ3v) is 0.686. The first-order valence-electron chi connectivity index (χ1n) is 3.05. The van der Waals surface area contributed by atoms with Crippen LogP contribution < -0.4 is 0 Å². The second-order valence-corrected chi connectivity index (χ2v) is 1.50. The van der Waals surface area contributed by atoms with E-state index in [0.29, 0.717) is 0 Å². The van der Waals surface area contributed by atoms with Gasteiger partial charge >= 0.3 is 5.97 Å². The molecule has 0 saturated heterocycles. The van der Waals surface area contributed by atoms with Crippen molar-refractivity contribution in [3.8, 4) is 36.0 Å². The molecule has 0 aliphatic rings. The topological polar surface area (TPSA) is 46.5 Å². The number of esters is 1. The molecule has 0 aliphatic heterocycles. The minimum absolute atomic E-state index is 0.0594. The highest BCUT2D eigenvalue weighted by molar-refractivity contribution is 5.89. The molecule has 0 rings (SSSR count). The summed E-state index contributed by atoms with van der Waals surface area (Å²) in [6, 6.07) is 0. The Kier molecular flexibility index (Phi) is 6.08. The molecule has 3 nitrogen and oxygen atoms in total. The van der Waals surface area contributed by atoms with Gasteiger partial charge in [0.1, 0.15) is 6.61 Å². The molecule has 3 heteroatoms. The minimum Gasteiger partial charge on any atom is -0.454 e. The summed E-state index contributed by atoms with van der Waals surface area (Å²) in [6.07, 6.45) is 4.78. The van der Waals surface area contributed by atoms with Crippen molar-refractivity contribution >= 4 is 5.97 Å². The Morgan fingerprint density at radius 1 is 1.42 bits per heavy atom. The van der Waals surface area contributed by atoms with Crippen LogP contribution in [0.3, 0.4) is 0 Å². The monoisotopic (exact) mass is 162 g/mol. The number of carbonyl (C=O) groups is 1. The van der Waals surface area contributed by atoms with Crippen LogP contribution in [0.25, 0.3) is 0 Å². The molecule has 0 aliphatic carbocycles. The Morgan fingerprint density at radius 2 is 2.17 bits per heavy atom. The zero-order valence-electron chi connectivity index (χ0n) is 6.26. The third kappa shape index (κ3) is 6.23. The van der Waals surface area contributed by atoms with Crippen molar-refractivity contribution in [2.24, 2.45) is 0 Å². The van der Waals surface area contributed by atoms with Gasteiger partial charge in [0.25, 0.3) is 0 Å². The van der Waals surface area contributed by atoms with Crippen molar-refractivity contribution in [1.82, 2.24) is 0 Å². The van der Waals surface area contributed by atoms with Crippen molar-refractivity contribution in [1.29, 1.82) is 0 Å². The van der Waals surface area contributed by atoms with Crippen LogP contribution >= 0.6 is 0 Å². The smallest absolute Gasteiger partial charge is 0.385 e. The van der Waals surface area contributed by atoms with Gasteiger partial charge in [0, 0.05) is 5.92 Å². The summed E-state index contributed by atoms with van der Waals surface area (Å²) in [6.45, 7) is -0.278. The van der Waals surface area contributed by atoms with Crippen molar-refractivity contribution in [3.63, 3.8) is 0 Å². The average molecular weight is 162 g/mol. The van der Waals surface area contributed by atoms with Gasteiger partial charge in [-0.15, -0.1) is 6.42 Å². The Hall–Kier alpha value is -1.89. The van der Waals surface area contributed by atoms with Gasteiger partial charge in [0.05, 0.1) is 6.61 Å². The first-order chi connectivity index (χ1) is 5.81. The number of terminal acetylenes is 1. The molecule has 0 unspecified atom stereocenters. The first kappa shape index (κ1) is 10.1. The maximum Gasteiger partial charge on any atom is 0.385 e. The van der Waals surface area contributed by atoms with Gasteiger partial charge in [-0.1, -0.05) is 0 Å². The van der Waals surface area contributed by atoms with Crippen LogP contribution in [0.4, 0.5) is 0 Å². The number of hydrogen-bond acceptors (Lipinski definition) is 3. The van der Waals surface area contributed by atoms with Gasteiger partial charge in [-0.25, -0.2) is 4.79 Å². The molecule has 0 radical (unpaired) electrons. The molecule has 0 aromatic carbocycles. The van der Waals surface area contributed by atoms with Crippen LogP contribution in [0, 0.1) is 36.0 Å². The van der Waals surface area contributed by atoms with E-state index in [2.05, 4.69) is 28.4 Å². The largest absolute Gasteiger partial charge is 0.454 e. The predicted octanol–water partition coefficient (Wildman–Crippen LogP) is -0.838. The Morgan fingerprint density at radius 3 is 2.75 bits per heavy atom. The molecule has 0 bridgehead atoms. The highest BCUT2D eigenvalue weighted by Crippen LogP contribution is 1.73. The Balaban J connectivity index is 3.81. The summed E-state index contributed by atoms with van der Waals surface area (Å²) < 4.78 is 4.39. The van der Waals surface area contributed by atoms with Gasteiger partial charge in [0.2, 0.25) is 0 Å². The highest BCUT2D eigenvalue weighted by Gasteiger charge is 1.92. The van der Waals surface area contributed by atoms with Crippen LogP contribution in [0.15, 0.2) is 0 Å². The van der Waals surface area contributed by atoms with E-state index in [9.17, 15) is 4.79 Å². The molecule has 0 saturated carbocycles. The van der Waals surface area contributed by atoms with Gasteiger partial charge in [-0.2, -0.15) is 0 Å². The van der Waals surface area contributed by atoms with E-state index in [1.54, 1.807) is 0 Å². The fraction of sp³-hybridized carbons (Fsp3) is 0.222. The zero-order valence-corrected chi connectivity index (χ0v) is 6.26. The summed E-state index contributed by atoms with van der Waals surface area (Å²) in [5.41, 5.74) is 0. The lowest BCUT2D eigenvalue weighted by Crippen LogP contribution is -2.05. The lowest BCUT2D eigenvalue weighted by atomic mass is 10.5. The van der Waals surface area contributed by atoms with E-state index in [1.807, 2.05) is 5.92 Å². The maximum absolute atomic E-state index is 10.5.